The van der Waals surface area contributed by atoms with E-state index in [-0.39, 0.29) is 5.92 Å². The van der Waals surface area contributed by atoms with Gasteiger partial charge in [0.25, 0.3) is 0 Å². The average Bonchev–Trinajstić information content (AvgIpc) is 2.05. The largest absolute Gasteiger partial charge is 0.264 e. The molecule has 0 bridgehead atoms. The van der Waals surface area contributed by atoms with Crippen LogP contribution in [-0.2, 0) is 0 Å². The summed E-state index contributed by atoms with van der Waals surface area (Å²) in [6.45, 7) is 3.19. The van der Waals surface area contributed by atoms with Crippen LogP contribution in [0.15, 0.2) is 24.5 Å². The smallest absolute Gasteiger partial charge is 0.0963 e. The molecule has 1 atom stereocenters. The summed E-state index contributed by atoms with van der Waals surface area (Å²) in [5.74, 6) is -0.270. The molecule has 0 amide bonds. The van der Waals surface area contributed by atoms with Gasteiger partial charge in [-0.2, -0.15) is 0 Å². The van der Waals surface area contributed by atoms with Gasteiger partial charge >= 0.3 is 0 Å². The molecule has 1 aromatic rings. The van der Waals surface area contributed by atoms with Gasteiger partial charge in [0.1, 0.15) is 0 Å². The fraction of sp³-hybridized carbons (Fsp3) is 0.250. The van der Waals surface area contributed by atoms with E-state index < -0.39 is 6.67 Å². The van der Waals surface area contributed by atoms with E-state index in [9.17, 15) is 4.39 Å². The van der Waals surface area contributed by atoms with Crippen LogP contribution < -0.4 is 0 Å². The van der Waals surface area contributed by atoms with Gasteiger partial charge in [-0.15, -0.1) is 0 Å². The van der Waals surface area contributed by atoms with E-state index in [1.54, 1.807) is 18.5 Å². The number of hydrogen-bond acceptors (Lipinski definition) is 1. The Hall–Kier alpha value is -0.920. The number of aromatic nitrogens is 1. The summed E-state index contributed by atoms with van der Waals surface area (Å²) in [5.41, 5.74) is 0.852. The van der Waals surface area contributed by atoms with Crippen LogP contribution in [0.5, 0.6) is 0 Å². The van der Waals surface area contributed by atoms with E-state index in [0.717, 1.165) is 5.56 Å². The third-order valence-electron chi connectivity index (χ3n) is 1.34. The lowest BCUT2D eigenvalue weighted by Crippen LogP contribution is -1.95. The molecule has 1 heterocycles. The molecule has 1 nitrogen and oxygen atoms in total. The Morgan fingerprint density at radius 1 is 1.70 bits per heavy atom. The van der Waals surface area contributed by atoms with Gasteiger partial charge in [-0.3, -0.25) is 9.37 Å². The van der Waals surface area contributed by atoms with Crippen LogP contribution in [0.3, 0.4) is 0 Å². The van der Waals surface area contributed by atoms with E-state index in [1.165, 1.54) is 0 Å². The Labute approximate surface area is 59.9 Å². The number of halogens is 1. The van der Waals surface area contributed by atoms with E-state index in [0.29, 0.717) is 0 Å². The minimum Gasteiger partial charge on any atom is -0.264 e. The van der Waals surface area contributed by atoms with Crippen molar-refractivity contribution >= 4 is 0 Å². The minimum absolute atomic E-state index is 0.270. The maximum atomic E-state index is 12.0. The Morgan fingerprint density at radius 2 is 2.50 bits per heavy atom. The molecule has 1 rings (SSSR count). The van der Waals surface area contributed by atoms with Crippen LogP contribution in [0.1, 0.15) is 11.5 Å². The highest BCUT2D eigenvalue weighted by molar-refractivity contribution is 5.15. The molecule has 1 aromatic heterocycles. The van der Waals surface area contributed by atoms with Gasteiger partial charge in [0.15, 0.2) is 0 Å². The zero-order valence-corrected chi connectivity index (χ0v) is 5.63. The second-order valence-corrected chi connectivity index (χ2v) is 2.14. The first kappa shape index (κ1) is 7.19. The lowest BCUT2D eigenvalue weighted by molar-refractivity contribution is 0.465. The second kappa shape index (κ2) is 3.30. The van der Waals surface area contributed by atoms with Gasteiger partial charge in [0.05, 0.1) is 6.67 Å². The van der Waals surface area contributed by atoms with Crippen molar-refractivity contribution < 1.29 is 4.39 Å². The third-order valence-corrected chi connectivity index (χ3v) is 1.34. The molecule has 0 aliphatic rings. The first-order valence-electron chi connectivity index (χ1n) is 3.13. The summed E-state index contributed by atoms with van der Waals surface area (Å²) in [7, 11) is 0. The maximum Gasteiger partial charge on any atom is 0.0963 e. The molecule has 0 aromatic carbocycles. The Kier molecular flexibility index (Phi) is 2.37. The first-order chi connectivity index (χ1) is 4.84. The maximum absolute atomic E-state index is 12.0. The topological polar surface area (TPSA) is 12.9 Å². The zero-order valence-electron chi connectivity index (χ0n) is 5.63. The summed E-state index contributed by atoms with van der Waals surface area (Å²) in [6, 6.07) is 3.60. The fourth-order valence-corrected chi connectivity index (χ4v) is 0.707. The molecule has 1 radical (unpaired) electrons. The van der Waals surface area contributed by atoms with Gasteiger partial charge in [-0.1, -0.05) is 6.07 Å². The first-order valence-corrected chi connectivity index (χ1v) is 3.13. The number of alkyl halides is 1. The number of rotatable bonds is 2. The summed E-state index contributed by atoms with van der Waals surface area (Å²) in [4.78, 5) is 3.85. The predicted octanol–water partition coefficient (Wildman–Crippen LogP) is 1.97. The molecule has 0 aliphatic carbocycles. The lowest BCUT2D eigenvalue weighted by Gasteiger charge is -2.03. The number of nitrogens with zero attached hydrogens (tertiary/aromatic N) is 1. The Balaban J connectivity index is 2.75. The monoisotopic (exact) mass is 138 g/mol. The molecule has 2 heteroatoms. The Morgan fingerprint density at radius 3 is 3.00 bits per heavy atom. The molecule has 0 fully saturated rings. The molecule has 0 spiro atoms. The SMILES string of the molecule is [CH2]C(CF)c1cccnc1. The predicted molar refractivity (Wildman–Crippen MR) is 38.3 cm³/mol. The summed E-state index contributed by atoms with van der Waals surface area (Å²) < 4.78 is 12.0. The van der Waals surface area contributed by atoms with Crippen LogP contribution in [0.25, 0.3) is 0 Å². The number of hydrogen-bond donors (Lipinski definition) is 0. The molecule has 0 saturated heterocycles. The van der Waals surface area contributed by atoms with Crippen molar-refractivity contribution in [2.24, 2.45) is 0 Å². The molecule has 0 aliphatic heterocycles. The zero-order chi connectivity index (χ0) is 7.40. The van der Waals surface area contributed by atoms with E-state index in [4.69, 9.17) is 0 Å². The van der Waals surface area contributed by atoms with Crippen molar-refractivity contribution in [1.29, 1.82) is 0 Å². The summed E-state index contributed by atoms with van der Waals surface area (Å²) >= 11 is 0. The second-order valence-electron chi connectivity index (χ2n) is 2.14. The van der Waals surface area contributed by atoms with E-state index >= 15 is 0 Å². The molecule has 53 valence electrons. The van der Waals surface area contributed by atoms with Gasteiger partial charge in [0.2, 0.25) is 0 Å². The van der Waals surface area contributed by atoms with Crippen molar-refractivity contribution in [2.45, 2.75) is 5.92 Å². The van der Waals surface area contributed by atoms with E-state index in [2.05, 4.69) is 11.9 Å². The van der Waals surface area contributed by atoms with Gasteiger partial charge in [-0.05, 0) is 18.6 Å². The quantitative estimate of drug-likeness (QED) is 0.608. The van der Waals surface area contributed by atoms with Crippen molar-refractivity contribution in [3.8, 4) is 0 Å². The van der Waals surface area contributed by atoms with Gasteiger partial charge in [-0.25, -0.2) is 0 Å². The molecular weight excluding hydrogens is 129 g/mol. The van der Waals surface area contributed by atoms with Gasteiger partial charge < -0.3 is 0 Å². The normalized spacial score (nSPS) is 13.0. The van der Waals surface area contributed by atoms with Crippen LogP contribution in [0.4, 0.5) is 4.39 Å². The highest BCUT2D eigenvalue weighted by Crippen LogP contribution is 2.12. The van der Waals surface area contributed by atoms with Crippen molar-refractivity contribution in [3.63, 3.8) is 0 Å². The van der Waals surface area contributed by atoms with Crippen molar-refractivity contribution in [3.05, 3.63) is 37.0 Å². The van der Waals surface area contributed by atoms with Crippen LogP contribution >= 0.6 is 0 Å². The third kappa shape index (κ3) is 1.53. The fourth-order valence-electron chi connectivity index (χ4n) is 0.707. The van der Waals surface area contributed by atoms with Crippen LogP contribution in [0.2, 0.25) is 0 Å². The highest BCUT2D eigenvalue weighted by atomic mass is 19.1. The molecule has 10 heavy (non-hydrogen) atoms. The van der Waals surface area contributed by atoms with Crippen LogP contribution in [0, 0.1) is 6.92 Å². The molecule has 0 saturated carbocycles. The molecule has 1 unspecified atom stereocenters. The summed E-state index contributed by atoms with van der Waals surface area (Å²) in [6.07, 6.45) is 3.30. The number of pyridine rings is 1. The Bertz CT molecular complexity index is 186. The molecular formula is C8H9FN. The highest BCUT2D eigenvalue weighted by Gasteiger charge is 2.02. The molecule has 0 N–H and O–H groups in total. The van der Waals surface area contributed by atoms with Crippen molar-refractivity contribution in [1.82, 2.24) is 4.98 Å². The van der Waals surface area contributed by atoms with Crippen molar-refractivity contribution in [2.75, 3.05) is 6.67 Å². The van der Waals surface area contributed by atoms with Crippen LogP contribution in [-0.4, -0.2) is 11.7 Å². The lowest BCUT2D eigenvalue weighted by atomic mass is 10.1. The summed E-state index contributed by atoms with van der Waals surface area (Å²) in [5, 5.41) is 0. The minimum atomic E-state index is -0.425. The standard InChI is InChI=1S/C8H9FN/c1-7(5-9)8-3-2-4-10-6-8/h2-4,6-7H,1,5H2. The van der Waals surface area contributed by atoms with E-state index in [1.807, 2.05) is 6.07 Å². The average molecular weight is 138 g/mol. The van der Waals surface area contributed by atoms with Gasteiger partial charge in [0, 0.05) is 18.3 Å².